The zero-order chi connectivity index (χ0) is 29.9. The lowest BCUT2D eigenvalue weighted by Crippen LogP contribution is -2.48. The maximum Gasteiger partial charge on any atom is 0.186 e. The van der Waals surface area contributed by atoms with E-state index in [1.807, 2.05) is 47.4 Å². The van der Waals surface area contributed by atoms with E-state index in [4.69, 9.17) is 14.2 Å². The van der Waals surface area contributed by atoms with Gasteiger partial charge >= 0.3 is 0 Å². The molecular weight excluding hydrogens is 542 g/mol. The lowest BCUT2D eigenvalue weighted by molar-refractivity contribution is 0.0664. The third-order valence-electron chi connectivity index (χ3n) is 9.10. The molecule has 0 unspecified atom stereocenters. The number of carbonyl (C=O) groups is 3. The fourth-order valence-electron chi connectivity index (χ4n) is 7.36. The van der Waals surface area contributed by atoms with E-state index in [2.05, 4.69) is 0 Å². The van der Waals surface area contributed by atoms with E-state index < -0.39 is 23.4 Å². The topological polar surface area (TPSA) is 82.1 Å². The van der Waals surface area contributed by atoms with E-state index in [-0.39, 0.29) is 17.3 Å². The first-order chi connectivity index (χ1) is 21.0. The van der Waals surface area contributed by atoms with Crippen LogP contribution in [0.2, 0.25) is 0 Å². The van der Waals surface area contributed by atoms with E-state index in [1.165, 1.54) is 14.2 Å². The van der Waals surface area contributed by atoms with Crippen LogP contribution in [0.1, 0.15) is 48.1 Å². The Kier molecular flexibility index (Phi) is 6.20. The fraction of sp³-hybridized carbons (Fsp3) is 0.194. The molecule has 0 amide bonds. The van der Waals surface area contributed by atoms with Crippen molar-refractivity contribution in [1.29, 1.82) is 0 Å². The third-order valence-corrected chi connectivity index (χ3v) is 9.10. The average molecular weight is 572 g/mol. The van der Waals surface area contributed by atoms with Gasteiger partial charge in [-0.2, -0.15) is 0 Å². The highest BCUT2D eigenvalue weighted by Gasteiger charge is 2.72. The molecule has 0 aromatic heterocycles. The van der Waals surface area contributed by atoms with Gasteiger partial charge in [0.15, 0.2) is 28.8 Å². The van der Waals surface area contributed by atoms with Gasteiger partial charge in [0.05, 0.1) is 27.4 Å². The van der Waals surface area contributed by atoms with Gasteiger partial charge in [-0.15, -0.1) is 0 Å². The zero-order valence-corrected chi connectivity index (χ0v) is 23.9. The lowest BCUT2D eigenvalue weighted by Gasteiger charge is -2.37. The second-order valence-electron chi connectivity index (χ2n) is 10.9. The van der Waals surface area contributed by atoms with Crippen LogP contribution in [0.5, 0.6) is 17.2 Å². The number of para-hydroxylation sites is 2. The smallest absolute Gasteiger partial charge is 0.186 e. The van der Waals surface area contributed by atoms with Crippen LogP contribution in [0.3, 0.4) is 0 Å². The van der Waals surface area contributed by atoms with Gasteiger partial charge in [-0.05, 0) is 29.8 Å². The number of methoxy groups -OCH3 is 3. The predicted octanol–water partition coefficient (Wildman–Crippen LogP) is 6.03. The van der Waals surface area contributed by atoms with Crippen molar-refractivity contribution in [2.45, 2.75) is 18.0 Å². The molecule has 7 heteroatoms. The van der Waals surface area contributed by atoms with Crippen LogP contribution < -0.4 is 19.1 Å². The van der Waals surface area contributed by atoms with Crippen molar-refractivity contribution in [1.82, 2.24) is 0 Å². The van der Waals surface area contributed by atoms with Crippen LogP contribution >= 0.6 is 0 Å². The summed E-state index contributed by atoms with van der Waals surface area (Å²) in [7, 11) is 4.61. The maximum absolute atomic E-state index is 14.9. The van der Waals surface area contributed by atoms with Crippen LogP contribution in [0.25, 0.3) is 6.08 Å². The number of carbonyl (C=O) groups excluding carboxylic acids is 3. The monoisotopic (exact) mass is 571 g/mol. The van der Waals surface area contributed by atoms with Gasteiger partial charge in [0, 0.05) is 33.9 Å². The molecule has 2 heterocycles. The molecule has 7 rings (SSSR count). The number of nitrogens with zero attached hydrogens (tertiary/aromatic N) is 1. The summed E-state index contributed by atoms with van der Waals surface area (Å²) in [5.41, 5.74) is 1.71. The Morgan fingerprint density at radius 1 is 0.767 bits per heavy atom. The SMILES string of the molecule is COc1cccc(C(=O)[C@H]2[C@H](c3cccc(OC)c3OC)C3(C(=O)c4ccccc4C3=O)[C@@H]3C=Cc4ccccc4N32)c1. The predicted molar refractivity (Wildman–Crippen MR) is 163 cm³/mol. The summed E-state index contributed by atoms with van der Waals surface area (Å²) in [6.07, 6.45) is 3.85. The van der Waals surface area contributed by atoms with Crippen molar-refractivity contribution in [2.24, 2.45) is 5.41 Å². The van der Waals surface area contributed by atoms with Crippen LogP contribution in [-0.2, 0) is 0 Å². The highest BCUT2D eigenvalue weighted by atomic mass is 16.5. The summed E-state index contributed by atoms with van der Waals surface area (Å²) in [5.74, 6) is -0.414. The Morgan fingerprint density at radius 2 is 1.47 bits per heavy atom. The minimum absolute atomic E-state index is 0.239. The minimum atomic E-state index is -1.65. The van der Waals surface area contributed by atoms with Crippen molar-refractivity contribution >= 4 is 29.1 Å². The van der Waals surface area contributed by atoms with Gasteiger partial charge in [0.2, 0.25) is 0 Å². The largest absolute Gasteiger partial charge is 0.497 e. The summed E-state index contributed by atoms with van der Waals surface area (Å²) in [4.78, 5) is 46.6. The molecule has 1 spiro atoms. The summed E-state index contributed by atoms with van der Waals surface area (Å²) in [6, 6.07) is 25.3. The Labute approximate surface area is 249 Å². The highest BCUT2D eigenvalue weighted by molar-refractivity contribution is 6.32. The van der Waals surface area contributed by atoms with Gasteiger partial charge in [-0.3, -0.25) is 14.4 Å². The second kappa shape index (κ2) is 9.98. The molecule has 0 N–H and O–H groups in total. The van der Waals surface area contributed by atoms with E-state index >= 15 is 0 Å². The molecule has 1 fully saturated rings. The number of rotatable bonds is 6. The van der Waals surface area contributed by atoms with Crippen LogP contribution in [-0.4, -0.2) is 50.8 Å². The number of anilines is 1. The van der Waals surface area contributed by atoms with E-state index in [0.717, 1.165) is 11.3 Å². The number of ketones is 3. The molecule has 214 valence electrons. The Balaban J connectivity index is 1.58. The van der Waals surface area contributed by atoms with Crippen LogP contribution in [0, 0.1) is 5.41 Å². The minimum Gasteiger partial charge on any atom is -0.497 e. The van der Waals surface area contributed by atoms with Gasteiger partial charge in [0.1, 0.15) is 17.2 Å². The highest BCUT2D eigenvalue weighted by Crippen LogP contribution is 2.62. The van der Waals surface area contributed by atoms with Crippen molar-refractivity contribution < 1.29 is 28.6 Å². The van der Waals surface area contributed by atoms with Crippen LogP contribution in [0.4, 0.5) is 5.69 Å². The Bertz CT molecular complexity index is 1810. The van der Waals surface area contributed by atoms with Gasteiger partial charge in [0.25, 0.3) is 0 Å². The molecule has 7 nitrogen and oxygen atoms in total. The number of hydrogen-bond donors (Lipinski definition) is 0. The first-order valence-corrected chi connectivity index (χ1v) is 14.1. The summed E-state index contributed by atoms with van der Waals surface area (Å²) in [5, 5.41) is 0. The van der Waals surface area contributed by atoms with E-state index in [0.29, 0.717) is 39.5 Å². The summed E-state index contributed by atoms with van der Waals surface area (Å²) in [6.45, 7) is 0. The first-order valence-electron chi connectivity index (χ1n) is 14.1. The molecule has 1 aliphatic carbocycles. The molecular formula is C36H29NO6. The molecule has 3 atom stereocenters. The fourth-order valence-corrected chi connectivity index (χ4v) is 7.36. The van der Waals surface area contributed by atoms with Gasteiger partial charge < -0.3 is 19.1 Å². The Hall–Kier alpha value is -5.17. The number of ether oxygens (including phenoxy) is 3. The molecule has 43 heavy (non-hydrogen) atoms. The van der Waals surface area contributed by atoms with E-state index in [1.54, 1.807) is 67.8 Å². The summed E-state index contributed by atoms with van der Waals surface area (Å²) < 4.78 is 17.0. The molecule has 0 bridgehead atoms. The third kappa shape index (κ3) is 3.57. The van der Waals surface area contributed by atoms with E-state index in [9.17, 15) is 14.4 Å². The molecule has 1 saturated heterocycles. The normalized spacial score (nSPS) is 20.9. The second-order valence-corrected chi connectivity index (χ2v) is 10.9. The first kappa shape index (κ1) is 26.7. The number of Topliss-reactive ketones (excluding diaryl/α,β-unsaturated/α-hetero) is 3. The lowest BCUT2D eigenvalue weighted by atomic mass is 9.64. The standard InChI is InChI=1S/C36H29NO6/c1-41-23-12-8-11-22(20-23)32(38)31-30(26-15-9-17-28(42-2)33(26)43-3)36(34(39)24-13-5-6-14-25(24)35(36)40)29-19-18-21-10-4-7-16-27(21)37(29)31/h4-20,29-31H,1-3H3/t29-,30-,31+/m0/s1. The van der Waals surface area contributed by atoms with Crippen molar-refractivity contribution in [3.8, 4) is 17.2 Å². The van der Waals surface area contributed by atoms with Crippen molar-refractivity contribution in [2.75, 3.05) is 26.2 Å². The summed E-state index contributed by atoms with van der Waals surface area (Å²) >= 11 is 0. The van der Waals surface area contributed by atoms with Crippen LogP contribution in [0.15, 0.2) is 97.1 Å². The molecule has 4 aromatic rings. The number of benzene rings is 4. The zero-order valence-electron chi connectivity index (χ0n) is 23.9. The van der Waals surface area contributed by atoms with Gasteiger partial charge in [-0.1, -0.05) is 78.9 Å². The molecule has 4 aromatic carbocycles. The van der Waals surface area contributed by atoms with Gasteiger partial charge in [-0.25, -0.2) is 0 Å². The molecule has 0 saturated carbocycles. The number of fused-ring (bicyclic) bond motifs is 5. The Morgan fingerprint density at radius 3 is 2.16 bits per heavy atom. The quantitative estimate of drug-likeness (QED) is 0.207. The maximum atomic E-state index is 14.9. The average Bonchev–Trinajstić information content (AvgIpc) is 3.49. The molecule has 0 radical (unpaired) electrons. The van der Waals surface area contributed by atoms with Crippen molar-refractivity contribution in [3.63, 3.8) is 0 Å². The molecule has 3 aliphatic rings. The molecule has 2 aliphatic heterocycles. The number of hydrogen-bond acceptors (Lipinski definition) is 7. The van der Waals surface area contributed by atoms with Crippen molar-refractivity contribution in [3.05, 3.63) is 125 Å².